The van der Waals surface area contributed by atoms with Gasteiger partial charge in [-0.15, -0.1) is 0 Å². The molecule has 0 saturated carbocycles. The number of ether oxygens (including phenoxy) is 1. The van der Waals surface area contributed by atoms with Gasteiger partial charge >= 0.3 is 0 Å². The molecular formula is C30H29ClN6O2. The van der Waals surface area contributed by atoms with E-state index in [2.05, 4.69) is 49.0 Å². The number of piperazine rings is 1. The molecule has 8 nitrogen and oxygen atoms in total. The number of pyridine rings is 2. The highest BCUT2D eigenvalue weighted by molar-refractivity contribution is 6.30. The minimum absolute atomic E-state index is 0.108. The highest BCUT2D eigenvalue weighted by atomic mass is 35.5. The average molecular weight is 541 g/mol. The monoisotopic (exact) mass is 540 g/mol. The van der Waals surface area contributed by atoms with Crippen molar-refractivity contribution in [3.05, 3.63) is 111 Å². The number of rotatable bonds is 7. The van der Waals surface area contributed by atoms with E-state index in [0.29, 0.717) is 10.8 Å². The van der Waals surface area contributed by atoms with Gasteiger partial charge in [0.05, 0.1) is 10.7 Å². The van der Waals surface area contributed by atoms with Crippen molar-refractivity contribution in [1.82, 2.24) is 24.4 Å². The zero-order valence-corrected chi connectivity index (χ0v) is 22.3. The van der Waals surface area contributed by atoms with Crippen molar-refractivity contribution in [2.45, 2.75) is 26.0 Å². The van der Waals surface area contributed by atoms with Gasteiger partial charge in [0.25, 0.3) is 5.56 Å². The minimum Gasteiger partial charge on any atom is -0.487 e. The van der Waals surface area contributed by atoms with E-state index in [1.54, 1.807) is 41.5 Å². The molecule has 0 radical (unpaired) electrons. The molecule has 39 heavy (non-hydrogen) atoms. The van der Waals surface area contributed by atoms with E-state index >= 15 is 0 Å². The van der Waals surface area contributed by atoms with Crippen LogP contribution in [-0.4, -0.2) is 50.6 Å². The number of aromatic nitrogens is 4. The first-order valence-electron chi connectivity index (χ1n) is 13.1. The van der Waals surface area contributed by atoms with Crippen molar-refractivity contribution in [2.75, 3.05) is 31.1 Å². The molecule has 0 amide bonds. The zero-order valence-electron chi connectivity index (χ0n) is 21.5. The number of allylic oxidation sites excluding steroid dienone is 1. The number of hydrogen-bond acceptors (Lipinski definition) is 7. The van der Waals surface area contributed by atoms with Crippen LogP contribution in [0.5, 0.6) is 5.75 Å². The predicted molar refractivity (Wildman–Crippen MR) is 153 cm³/mol. The number of anilines is 1. The van der Waals surface area contributed by atoms with Crippen molar-refractivity contribution >= 4 is 29.3 Å². The second kappa shape index (κ2) is 11.4. The Labute approximate surface area is 232 Å². The Balaban J connectivity index is 1.08. The number of nitrogens with zero attached hydrogens (tertiary/aromatic N) is 6. The van der Waals surface area contributed by atoms with Crippen molar-refractivity contribution < 1.29 is 4.74 Å². The summed E-state index contributed by atoms with van der Waals surface area (Å²) in [5.41, 5.74) is 5.46. The summed E-state index contributed by atoms with van der Waals surface area (Å²) in [7, 11) is 0. The summed E-state index contributed by atoms with van der Waals surface area (Å²) in [4.78, 5) is 30.6. The lowest BCUT2D eigenvalue weighted by molar-refractivity contribution is 0.248. The Morgan fingerprint density at radius 1 is 0.923 bits per heavy atom. The lowest BCUT2D eigenvalue weighted by atomic mass is 9.93. The molecule has 0 N–H and O–H groups in total. The summed E-state index contributed by atoms with van der Waals surface area (Å²) in [6.07, 6.45) is 10.8. The van der Waals surface area contributed by atoms with Gasteiger partial charge in [-0.05, 0) is 59.9 Å². The Bertz CT molecular complexity index is 1530. The van der Waals surface area contributed by atoms with E-state index < -0.39 is 0 Å². The Hall–Kier alpha value is -4.01. The molecule has 0 bridgehead atoms. The van der Waals surface area contributed by atoms with Gasteiger partial charge in [-0.2, -0.15) is 0 Å². The maximum absolute atomic E-state index is 12.9. The minimum atomic E-state index is -0.108. The third kappa shape index (κ3) is 6.02. The quantitative estimate of drug-likeness (QED) is 0.341. The topological polar surface area (TPSA) is 76.4 Å². The first kappa shape index (κ1) is 25.3. The van der Waals surface area contributed by atoms with E-state index in [0.717, 1.165) is 62.9 Å². The smallest absolute Gasteiger partial charge is 0.258 e. The summed E-state index contributed by atoms with van der Waals surface area (Å²) in [5, 5.41) is 0.577. The van der Waals surface area contributed by atoms with E-state index in [1.807, 2.05) is 12.1 Å². The summed E-state index contributed by atoms with van der Waals surface area (Å²) in [6.45, 7) is 5.03. The van der Waals surface area contributed by atoms with Crippen LogP contribution < -0.4 is 15.2 Å². The second-order valence-corrected chi connectivity index (χ2v) is 10.2. The predicted octanol–water partition coefficient (Wildman–Crippen LogP) is 4.53. The molecule has 1 aromatic carbocycles. The maximum Gasteiger partial charge on any atom is 0.258 e. The van der Waals surface area contributed by atoms with E-state index in [-0.39, 0.29) is 12.2 Å². The van der Waals surface area contributed by atoms with Gasteiger partial charge in [-0.25, -0.2) is 9.97 Å². The van der Waals surface area contributed by atoms with Crippen LogP contribution in [-0.2, 0) is 19.6 Å². The molecule has 0 spiro atoms. The molecule has 6 rings (SSSR count). The summed E-state index contributed by atoms with van der Waals surface area (Å²) >= 11 is 5.88. The van der Waals surface area contributed by atoms with Crippen LogP contribution in [0.15, 0.2) is 78.1 Å². The average Bonchev–Trinajstić information content (AvgIpc) is 2.97. The van der Waals surface area contributed by atoms with Crippen LogP contribution in [0.2, 0.25) is 5.02 Å². The Morgan fingerprint density at radius 3 is 2.54 bits per heavy atom. The fourth-order valence-electron chi connectivity index (χ4n) is 5.07. The molecule has 2 aliphatic rings. The van der Waals surface area contributed by atoms with E-state index in [4.69, 9.17) is 16.3 Å². The Morgan fingerprint density at radius 2 is 1.77 bits per heavy atom. The molecular weight excluding hydrogens is 512 g/mol. The third-order valence-corrected chi connectivity index (χ3v) is 7.39. The standard InChI is InChI=1S/C30H29ClN6O2/c31-25-5-6-26(34-19-25)21-39-28-8-11-37(29(38)18-28)27-7-4-23-16-22(2-3-24(23)17-27)20-35-12-14-36(15-13-35)30-32-9-1-10-33-30/h1-3,5-6,8-11,16-19H,4,7,12-15,20-21H2. The van der Waals surface area contributed by atoms with Crippen molar-refractivity contribution in [3.63, 3.8) is 0 Å². The molecule has 1 fully saturated rings. The summed E-state index contributed by atoms with van der Waals surface area (Å²) in [6, 6.07) is 15.5. The number of hydrogen-bond donors (Lipinski definition) is 0. The van der Waals surface area contributed by atoms with Gasteiger partial charge in [0.1, 0.15) is 12.4 Å². The molecule has 3 aromatic heterocycles. The number of fused-ring (bicyclic) bond motifs is 1. The fraction of sp³-hybridized carbons (Fsp3) is 0.267. The summed E-state index contributed by atoms with van der Waals surface area (Å²) in [5.74, 6) is 1.33. The highest BCUT2D eigenvalue weighted by Gasteiger charge is 2.20. The van der Waals surface area contributed by atoms with Gasteiger partial charge < -0.3 is 9.64 Å². The summed E-state index contributed by atoms with van der Waals surface area (Å²) < 4.78 is 7.47. The van der Waals surface area contributed by atoms with Gasteiger partial charge in [0.2, 0.25) is 5.95 Å². The van der Waals surface area contributed by atoms with Gasteiger partial charge in [0.15, 0.2) is 0 Å². The normalized spacial score (nSPS) is 15.5. The highest BCUT2D eigenvalue weighted by Crippen LogP contribution is 2.28. The molecule has 4 heterocycles. The molecule has 4 aromatic rings. The first-order valence-corrected chi connectivity index (χ1v) is 13.5. The maximum atomic E-state index is 12.9. The fourth-order valence-corrected chi connectivity index (χ4v) is 5.19. The number of benzene rings is 1. The van der Waals surface area contributed by atoms with Gasteiger partial charge in [-0.1, -0.05) is 29.8 Å². The Kier molecular flexibility index (Phi) is 7.38. The van der Waals surface area contributed by atoms with Gasteiger partial charge in [-0.3, -0.25) is 19.2 Å². The molecule has 1 saturated heterocycles. The second-order valence-electron chi connectivity index (χ2n) is 9.81. The first-order chi connectivity index (χ1) is 19.1. The van der Waals surface area contributed by atoms with Crippen LogP contribution in [0.25, 0.3) is 11.8 Å². The molecule has 1 aliphatic heterocycles. The van der Waals surface area contributed by atoms with Gasteiger partial charge in [0, 0.05) is 69.3 Å². The molecule has 0 unspecified atom stereocenters. The van der Waals surface area contributed by atoms with Crippen LogP contribution >= 0.6 is 11.6 Å². The number of aryl methyl sites for hydroxylation is 1. The number of halogens is 1. The molecule has 1 aliphatic carbocycles. The zero-order chi connectivity index (χ0) is 26.6. The van der Waals surface area contributed by atoms with Crippen molar-refractivity contribution in [1.29, 1.82) is 0 Å². The molecule has 198 valence electrons. The SMILES string of the molecule is O=c1cc(OCc2ccc(Cl)cn2)ccn1C1=Cc2ccc(CN3CCN(c4ncccn4)CC3)cc2CC1. The lowest BCUT2D eigenvalue weighted by Gasteiger charge is -2.34. The van der Waals surface area contributed by atoms with E-state index in [1.165, 1.54) is 22.8 Å². The largest absolute Gasteiger partial charge is 0.487 e. The van der Waals surface area contributed by atoms with Crippen LogP contribution in [0.4, 0.5) is 5.95 Å². The third-order valence-electron chi connectivity index (χ3n) is 7.17. The van der Waals surface area contributed by atoms with E-state index in [9.17, 15) is 4.79 Å². The van der Waals surface area contributed by atoms with Crippen molar-refractivity contribution in [2.24, 2.45) is 0 Å². The van der Waals surface area contributed by atoms with Crippen LogP contribution in [0.1, 0.15) is 28.8 Å². The lowest BCUT2D eigenvalue weighted by Crippen LogP contribution is -2.46. The van der Waals surface area contributed by atoms with Crippen molar-refractivity contribution in [3.8, 4) is 5.75 Å². The van der Waals surface area contributed by atoms with Crippen LogP contribution in [0, 0.1) is 0 Å². The van der Waals surface area contributed by atoms with Crippen LogP contribution in [0.3, 0.4) is 0 Å². The molecule has 9 heteroatoms. The molecule has 0 atom stereocenters.